The van der Waals surface area contributed by atoms with Crippen LogP contribution in [0.25, 0.3) is 10.6 Å². The number of esters is 1. The Labute approximate surface area is 177 Å². The van der Waals surface area contributed by atoms with E-state index in [0.717, 1.165) is 22.7 Å². The summed E-state index contributed by atoms with van der Waals surface area (Å²) in [5.41, 5.74) is 5.15. The van der Waals surface area contributed by atoms with Crippen LogP contribution in [0.2, 0.25) is 0 Å². The van der Waals surface area contributed by atoms with Gasteiger partial charge in [0.1, 0.15) is 10.0 Å². The maximum absolute atomic E-state index is 12.0. The molecule has 0 aliphatic rings. The second-order valence-electron chi connectivity index (χ2n) is 6.35. The Balaban J connectivity index is 1.65. The summed E-state index contributed by atoms with van der Waals surface area (Å²) in [4.78, 5) is 21.1. The van der Waals surface area contributed by atoms with Crippen molar-refractivity contribution in [1.82, 2.24) is 9.97 Å². The molecule has 4 aromatic rings. The summed E-state index contributed by atoms with van der Waals surface area (Å²) in [6, 6.07) is 20.3. The molecule has 2 aromatic heterocycles. The van der Waals surface area contributed by atoms with Gasteiger partial charge in [0, 0.05) is 10.9 Å². The number of thiazole rings is 2. The highest BCUT2D eigenvalue weighted by Gasteiger charge is 2.22. The largest absolute Gasteiger partial charge is 0.464 e. The van der Waals surface area contributed by atoms with Gasteiger partial charge in [-0.15, -0.1) is 22.7 Å². The normalized spacial score (nSPS) is 11.8. The SMILES string of the molecule is COC(=O)c1ncsc1N[C@@H](Cc1ccccc1)c1csc(-c2ccccc2)n1. The maximum Gasteiger partial charge on any atom is 0.359 e. The van der Waals surface area contributed by atoms with Gasteiger partial charge in [0.25, 0.3) is 0 Å². The fraction of sp³-hybridized carbons (Fsp3) is 0.136. The van der Waals surface area contributed by atoms with E-state index in [0.29, 0.717) is 10.7 Å². The van der Waals surface area contributed by atoms with Gasteiger partial charge >= 0.3 is 5.97 Å². The van der Waals surface area contributed by atoms with Crippen molar-refractivity contribution in [2.24, 2.45) is 0 Å². The Morgan fingerprint density at radius 1 is 1.07 bits per heavy atom. The van der Waals surface area contributed by atoms with Crippen LogP contribution in [-0.4, -0.2) is 23.0 Å². The summed E-state index contributed by atoms with van der Waals surface area (Å²) in [7, 11) is 1.36. The Bertz CT molecular complexity index is 1080. The van der Waals surface area contributed by atoms with Crippen molar-refractivity contribution in [1.29, 1.82) is 0 Å². The molecule has 0 spiro atoms. The van der Waals surface area contributed by atoms with Crippen LogP contribution in [0.15, 0.2) is 71.6 Å². The van der Waals surface area contributed by atoms with Crippen molar-refractivity contribution < 1.29 is 9.53 Å². The van der Waals surface area contributed by atoms with E-state index in [9.17, 15) is 4.79 Å². The Hall–Kier alpha value is -3.03. The molecular weight excluding hydrogens is 402 g/mol. The quantitative estimate of drug-likeness (QED) is 0.402. The molecule has 0 aliphatic carbocycles. The van der Waals surface area contributed by atoms with Gasteiger partial charge in [0.2, 0.25) is 0 Å². The first-order valence-electron chi connectivity index (χ1n) is 9.07. The molecule has 0 radical (unpaired) electrons. The predicted molar refractivity (Wildman–Crippen MR) is 118 cm³/mol. The fourth-order valence-electron chi connectivity index (χ4n) is 2.99. The molecule has 146 valence electrons. The third-order valence-electron chi connectivity index (χ3n) is 4.43. The first-order valence-corrected chi connectivity index (χ1v) is 10.8. The summed E-state index contributed by atoms with van der Waals surface area (Å²) < 4.78 is 4.85. The van der Waals surface area contributed by atoms with E-state index in [1.165, 1.54) is 24.0 Å². The number of hydrogen-bond donors (Lipinski definition) is 1. The van der Waals surface area contributed by atoms with Crippen molar-refractivity contribution in [3.63, 3.8) is 0 Å². The molecule has 29 heavy (non-hydrogen) atoms. The van der Waals surface area contributed by atoms with Crippen LogP contribution in [0.3, 0.4) is 0 Å². The minimum absolute atomic E-state index is 0.102. The highest BCUT2D eigenvalue weighted by Crippen LogP contribution is 2.32. The van der Waals surface area contributed by atoms with E-state index in [-0.39, 0.29) is 6.04 Å². The smallest absolute Gasteiger partial charge is 0.359 e. The predicted octanol–water partition coefficient (Wildman–Crippen LogP) is 5.45. The number of carbonyl (C=O) groups excluding carboxylic acids is 1. The lowest BCUT2D eigenvalue weighted by Gasteiger charge is -2.18. The van der Waals surface area contributed by atoms with Crippen LogP contribution in [0.5, 0.6) is 0 Å². The summed E-state index contributed by atoms with van der Waals surface area (Å²) in [6.07, 6.45) is 0.733. The number of anilines is 1. The van der Waals surface area contributed by atoms with E-state index in [1.807, 2.05) is 36.4 Å². The van der Waals surface area contributed by atoms with Crippen molar-refractivity contribution in [2.45, 2.75) is 12.5 Å². The van der Waals surface area contributed by atoms with Crippen molar-refractivity contribution in [2.75, 3.05) is 12.4 Å². The van der Waals surface area contributed by atoms with Crippen molar-refractivity contribution in [3.8, 4) is 10.6 Å². The van der Waals surface area contributed by atoms with Gasteiger partial charge in [0.05, 0.1) is 24.4 Å². The highest BCUT2D eigenvalue weighted by molar-refractivity contribution is 7.14. The molecule has 0 amide bonds. The van der Waals surface area contributed by atoms with Crippen LogP contribution >= 0.6 is 22.7 Å². The number of nitrogens with zero attached hydrogens (tertiary/aromatic N) is 2. The lowest BCUT2D eigenvalue weighted by molar-refractivity contribution is 0.0596. The molecule has 0 saturated heterocycles. The second kappa shape index (κ2) is 8.98. The van der Waals surface area contributed by atoms with E-state index < -0.39 is 5.97 Å². The number of benzene rings is 2. The highest BCUT2D eigenvalue weighted by atomic mass is 32.1. The Morgan fingerprint density at radius 3 is 2.52 bits per heavy atom. The standard InChI is InChI=1S/C22H19N3O2S2/c1-27-22(26)19-21(29-14-23-19)24-17(12-15-8-4-2-5-9-15)18-13-28-20(25-18)16-10-6-3-7-11-16/h2-11,13-14,17,24H,12H2,1H3/t17-/m0/s1. The molecule has 2 heterocycles. The van der Waals surface area contributed by atoms with Crippen molar-refractivity contribution in [3.05, 3.63) is 88.5 Å². The number of ether oxygens (including phenoxy) is 1. The molecule has 0 bridgehead atoms. The van der Waals surface area contributed by atoms with Crippen LogP contribution in [-0.2, 0) is 11.2 Å². The molecule has 1 N–H and O–H groups in total. The molecule has 1 atom stereocenters. The topological polar surface area (TPSA) is 64.1 Å². The number of rotatable bonds is 7. The molecular formula is C22H19N3O2S2. The Morgan fingerprint density at radius 2 is 1.79 bits per heavy atom. The van der Waals surface area contributed by atoms with Gasteiger partial charge in [-0.05, 0) is 12.0 Å². The Kier molecular flexibility index (Phi) is 5.97. The summed E-state index contributed by atoms with van der Waals surface area (Å²) in [5.74, 6) is -0.449. The monoisotopic (exact) mass is 421 g/mol. The van der Waals surface area contributed by atoms with Crippen LogP contribution in [0.4, 0.5) is 5.00 Å². The first kappa shape index (κ1) is 19.3. The van der Waals surface area contributed by atoms with E-state index >= 15 is 0 Å². The molecule has 5 nitrogen and oxygen atoms in total. The third kappa shape index (κ3) is 4.52. The zero-order chi connectivity index (χ0) is 20.1. The van der Waals surface area contributed by atoms with Gasteiger partial charge in [-0.1, -0.05) is 60.7 Å². The van der Waals surface area contributed by atoms with Crippen LogP contribution < -0.4 is 5.32 Å². The van der Waals surface area contributed by atoms with E-state index in [4.69, 9.17) is 9.72 Å². The summed E-state index contributed by atoms with van der Waals surface area (Å²) >= 11 is 3.00. The summed E-state index contributed by atoms with van der Waals surface area (Å²) in [5, 5.41) is 7.20. The third-order valence-corrected chi connectivity index (χ3v) is 6.10. The van der Waals surface area contributed by atoms with E-state index in [2.05, 4.69) is 39.9 Å². The lowest BCUT2D eigenvalue weighted by atomic mass is 10.0. The minimum Gasteiger partial charge on any atom is -0.464 e. The van der Waals surface area contributed by atoms with Crippen LogP contribution in [0, 0.1) is 0 Å². The lowest BCUT2D eigenvalue weighted by Crippen LogP contribution is -2.16. The summed E-state index contributed by atoms with van der Waals surface area (Å²) in [6.45, 7) is 0. The number of aromatic nitrogens is 2. The van der Waals surface area contributed by atoms with Gasteiger partial charge < -0.3 is 10.1 Å². The number of nitrogens with one attached hydrogen (secondary N) is 1. The second-order valence-corrected chi connectivity index (χ2v) is 8.06. The molecule has 2 aromatic carbocycles. The molecule has 0 saturated carbocycles. The molecule has 4 rings (SSSR count). The molecule has 0 unspecified atom stereocenters. The zero-order valence-corrected chi connectivity index (χ0v) is 17.4. The average Bonchev–Trinajstić information content (AvgIpc) is 3.44. The van der Waals surface area contributed by atoms with Gasteiger partial charge in [-0.2, -0.15) is 0 Å². The minimum atomic E-state index is -0.449. The van der Waals surface area contributed by atoms with Gasteiger partial charge in [-0.3, -0.25) is 0 Å². The van der Waals surface area contributed by atoms with Gasteiger partial charge in [0.15, 0.2) is 5.69 Å². The van der Waals surface area contributed by atoms with Crippen molar-refractivity contribution >= 4 is 33.6 Å². The zero-order valence-electron chi connectivity index (χ0n) is 15.7. The molecule has 7 heteroatoms. The fourth-order valence-corrected chi connectivity index (χ4v) is 4.59. The number of hydrogen-bond acceptors (Lipinski definition) is 7. The average molecular weight is 422 g/mol. The molecule has 0 fully saturated rings. The van der Waals surface area contributed by atoms with E-state index in [1.54, 1.807) is 16.8 Å². The number of carbonyl (C=O) groups is 1. The first-order chi connectivity index (χ1) is 14.2. The number of methoxy groups -OCH3 is 1. The van der Waals surface area contributed by atoms with Crippen LogP contribution in [0.1, 0.15) is 27.8 Å². The maximum atomic E-state index is 12.0. The van der Waals surface area contributed by atoms with Gasteiger partial charge in [-0.25, -0.2) is 14.8 Å². The molecule has 0 aliphatic heterocycles.